The van der Waals surface area contributed by atoms with Crippen LogP contribution in [0, 0.1) is 10.5 Å². The molecule has 1 aromatic rings. The first-order chi connectivity index (χ1) is 6.61. The second-order valence-electron chi connectivity index (χ2n) is 4.21. The zero-order valence-electron chi connectivity index (χ0n) is 8.60. The summed E-state index contributed by atoms with van der Waals surface area (Å²) in [5.41, 5.74) is 3.94. The highest BCUT2D eigenvalue weighted by Gasteiger charge is 2.22. The van der Waals surface area contributed by atoms with Crippen LogP contribution in [-0.4, -0.2) is 5.11 Å². The molecule has 2 heteroatoms. The van der Waals surface area contributed by atoms with Crippen molar-refractivity contribution in [1.82, 2.24) is 0 Å². The lowest BCUT2D eigenvalue weighted by Crippen LogP contribution is -2.09. The molecular formula is C12H15IO. The van der Waals surface area contributed by atoms with Gasteiger partial charge >= 0.3 is 0 Å². The second kappa shape index (κ2) is 3.72. The minimum atomic E-state index is 0.521. The summed E-state index contributed by atoms with van der Waals surface area (Å²) in [6.45, 7) is 4.37. The van der Waals surface area contributed by atoms with Crippen molar-refractivity contribution < 1.29 is 5.11 Å². The quantitative estimate of drug-likeness (QED) is 0.724. The lowest BCUT2D eigenvalue weighted by atomic mass is 9.81. The first-order valence-corrected chi connectivity index (χ1v) is 6.20. The van der Waals surface area contributed by atoms with Crippen molar-refractivity contribution >= 4 is 22.6 Å². The van der Waals surface area contributed by atoms with E-state index >= 15 is 0 Å². The first kappa shape index (κ1) is 10.3. The summed E-state index contributed by atoms with van der Waals surface area (Å²) in [6.07, 6.45) is 3.60. The van der Waals surface area contributed by atoms with Gasteiger partial charge in [-0.1, -0.05) is 6.92 Å². The normalized spacial score (nSPS) is 20.6. The molecule has 1 unspecified atom stereocenters. The monoisotopic (exact) mass is 302 g/mol. The van der Waals surface area contributed by atoms with Crippen LogP contribution in [0.15, 0.2) is 6.07 Å². The topological polar surface area (TPSA) is 20.2 Å². The summed E-state index contributed by atoms with van der Waals surface area (Å²) in [6, 6.07) is 2.09. The Morgan fingerprint density at radius 2 is 2.21 bits per heavy atom. The predicted molar refractivity (Wildman–Crippen MR) is 66.9 cm³/mol. The van der Waals surface area contributed by atoms with Gasteiger partial charge in [0.05, 0.1) is 3.57 Å². The molecule has 0 aromatic heterocycles. The van der Waals surface area contributed by atoms with Crippen LogP contribution >= 0.6 is 22.6 Å². The van der Waals surface area contributed by atoms with Gasteiger partial charge in [-0.25, -0.2) is 0 Å². The van der Waals surface area contributed by atoms with E-state index in [9.17, 15) is 5.11 Å². The molecule has 1 aliphatic rings. The van der Waals surface area contributed by atoms with Gasteiger partial charge in [0.25, 0.3) is 0 Å². The van der Waals surface area contributed by atoms with Gasteiger partial charge in [0.15, 0.2) is 0 Å². The number of benzene rings is 1. The second-order valence-corrected chi connectivity index (χ2v) is 5.37. The van der Waals surface area contributed by atoms with E-state index in [4.69, 9.17) is 0 Å². The van der Waals surface area contributed by atoms with Crippen molar-refractivity contribution in [3.8, 4) is 5.75 Å². The molecule has 1 aromatic carbocycles. The minimum Gasteiger partial charge on any atom is -0.507 e. The van der Waals surface area contributed by atoms with Gasteiger partial charge in [-0.15, -0.1) is 0 Å². The van der Waals surface area contributed by atoms with Crippen LogP contribution < -0.4 is 0 Å². The number of hydrogen-bond acceptors (Lipinski definition) is 1. The molecule has 0 bridgehead atoms. The van der Waals surface area contributed by atoms with Gasteiger partial charge in [-0.2, -0.15) is 0 Å². The summed E-state index contributed by atoms with van der Waals surface area (Å²) >= 11 is 2.22. The molecule has 76 valence electrons. The average Bonchev–Trinajstić information content (AvgIpc) is 2.14. The molecule has 1 N–H and O–H groups in total. The van der Waals surface area contributed by atoms with E-state index in [1.165, 1.54) is 29.5 Å². The van der Waals surface area contributed by atoms with E-state index in [1.54, 1.807) is 0 Å². The van der Waals surface area contributed by atoms with Gasteiger partial charge in [-0.05, 0) is 71.9 Å². The molecule has 0 fully saturated rings. The maximum atomic E-state index is 10.0. The molecule has 1 atom stereocenters. The SMILES string of the molecule is Cc1cc(I)c(O)c2c1CCCC2C. The summed E-state index contributed by atoms with van der Waals surface area (Å²) in [7, 11) is 0. The highest BCUT2D eigenvalue weighted by Crippen LogP contribution is 2.41. The fourth-order valence-corrected chi connectivity index (χ4v) is 3.18. The standard InChI is InChI=1S/C12H15IO/c1-7-4-3-5-9-8(2)6-10(13)12(14)11(7)9/h6-7,14H,3-5H2,1-2H3. The molecule has 14 heavy (non-hydrogen) atoms. The molecular weight excluding hydrogens is 287 g/mol. The Hall–Kier alpha value is -0.250. The molecule has 0 saturated heterocycles. The number of fused-ring (bicyclic) bond motifs is 1. The molecule has 0 radical (unpaired) electrons. The van der Waals surface area contributed by atoms with Crippen LogP contribution in [0.1, 0.15) is 42.4 Å². The summed E-state index contributed by atoms with van der Waals surface area (Å²) in [5, 5.41) is 10.0. The summed E-state index contributed by atoms with van der Waals surface area (Å²) in [4.78, 5) is 0. The Labute approximate surface area is 98.7 Å². The van der Waals surface area contributed by atoms with E-state index in [-0.39, 0.29) is 0 Å². The fraction of sp³-hybridized carbons (Fsp3) is 0.500. The van der Waals surface area contributed by atoms with E-state index in [2.05, 4.69) is 42.5 Å². The van der Waals surface area contributed by atoms with Gasteiger partial charge in [0.1, 0.15) is 5.75 Å². The van der Waals surface area contributed by atoms with Gasteiger partial charge in [0, 0.05) is 5.56 Å². The zero-order chi connectivity index (χ0) is 10.3. The van der Waals surface area contributed by atoms with Crippen molar-refractivity contribution in [2.75, 3.05) is 0 Å². The van der Waals surface area contributed by atoms with E-state index in [0.717, 1.165) is 9.99 Å². The van der Waals surface area contributed by atoms with Crippen LogP contribution in [-0.2, 0) is 6.42 Å². The van der Waals surface area contributed by atoms with Crippen LogP contribution in [0.25, 0.3) is 0 Å². The Balaban J connectivity index is 2.67. The lowest BCUT2D eigenvalue weighted by Gasteiger charge is -2.25. The number of phenols is 1. The number of aromatic hydroxyl groups is 1. The van der Waals surface area contributed by atoms with E-state index in [0.29, 0.717) is 11.7 Å². The third-order valence-electron chi connectivity index (χ3n) is 3.18. The van der Waals surface area contributed by atoms with Crippen molar-refractivity contribution in [2.24, 2.45) is 0 Å². The summed E-state index contributed by atoms with van der Waals surface area (Å²) < 4.78 is 0.993. The third kappa shape index (κ3) is 1.53. The van der Waals surface area contributed by atoms with Gasteiger partial charge < -0.3 is 5.11 Å². The number of phenolic OH excluding ortho intramolecular Hbond substituents is 1. The summed E-state index contributed by atoms with van der Waals surface area (Å²) in [5.74, 6) is 1.05. The Bertz CT molecular complexity index is 371. The average molecular weight is 302 g/mol. The molecule has 1 nitrogen and oxygen atoms in total. The third-order valence-corrected chi connectivity index (χ3v) is 4.00. The van der Waals surface area contributed by atoms with E-state index in [1.807, 2.05) is 0 Å². The molecule has 1 aliphatic carbocycles. The first-order valence-electron chi connectivity index (χ1n) is 5.12. The molecule has 0 saturated carbocycles. The van der Waals surface area contributed by atoms with Crippen molar-refractivity contribution in [3.63, 3.8) is 0 Å². The molecule has 0 spiro atoms. The largest absolute Gasteiger partial charge is 0.507 e. The Morgan fingerprint density at radius 1 is 1.50 bits per heavy atom. The molecule has 0 aliphatic heterocycles. The minimum absolute atomic E-state index is 0.521. The maximum absolute atomic E-state index is 10.0. The smallest absolute Gasteiger partial charge is 0.132 e. The van der Waals surface area contributed by atoms with Gasteiger partial charge in [0.2, 0.25) is 0 Å². The molecule has 0 amide bonds. The van der Waals surface area contributed by atoms with Gasteiger partial charge in [-0.3, -0.25) is 0 Å². The van der Waals surface area contributed by atoms with Crippen LogP contribution in [0.3, 0.4) is 0 Å². The Kier molecular flexibility index (Phi) is 2.73. The predicted octanol–water partition coefficient (Wildman–Crippen LogP) is 3.75. The van der Waals surface area contributed by atoms with Crippen LogP contribution in [0.2, 0.25) is 0 Å². The highest BCUT2D eigenvalue weighted by atomic mass is 127. The fourth-order valence-electron chi connectivity index (χ4n) is 2.42. The number of rotatable bonds is 0. The molecule has 2 rings (SSSR count). The number of aryl methyl sites for hydroxylation is 1. The highest BCUT2D eigenvalue weighted by molar-refractivity contribution is 14.1. The number of hydrogen-bond donors (Lipinski definition) is 1. The van der Waals surface area contributed by atoms with Crippen LogP contribution in [0.5, 0.6) is 5.75 Å². The van der Waals surface area contributed by atoms with Crippen molar-refractivity contribution in [2.45, 2.75) is 39.0 Å². The number of halogens is 1. The zero-order valence-corrected chi connectivity index (χ0v) is 10.8. The van der Waals surface area contributed by atoms with Crippen molar-refractivity contribution in [3.05, 3.63) is 26.3 Å². The van der Waals surface area contributed by atoms with E-state index < -0.39 is 0 Å². The van der Waals surface area contributed by atoms with Crippen molar-refractivity contribution in [1.29, 1.82) is 0 Å². The maximum Gasteiger partial charge on any atom is 0.132 e. The molecule has 0 heterocycles. The lowest BCUT2D eigenvalue weighted by molar-refractivity contribution is 0.447. The van der Waals surface area contributed by atoms with Crippen LogP contribution in [0.4, 0.5) is 0 Å². The Morgan fingerprint density at radius 3 is 2.93 bits per heavy atom.